The van der Waals surface area contributed by atoms with E-state index in [2.05, 4.69) is 14.9 Å². The fourth-order valence-electron chi connectivity index (χ4n) is 2.79. The third-order valence-corrected chi connectivity index (χ3v) is 4.40. The van der Waals surface area contributed by atoms with Crippen molar-refractivity contribution in [1.82, 2.24) is 14.9 Å². The molecule has 0 saturated heterocycles. The molecule has 1 N–H and O–H groups in total. The quantitative estimate of drug-likeness (QED) is 0.713. The molecule has 0 fully saturated rings. The van der Waals surface area contributed by atoms with Gasteiger partial charge in [0, 0.05) is 11.6 Å². The normalized spacial score (nSPS) is 11.3. The molecule has 3 aromatic rings. The Bertz CT molecular complexity index is 990. The second kappa shape index (κ2) is 7.85. The molecule has 0 aliphatic heterocycles. The zero-order valence-electron chi connectivity index (χ0n) is 14.6. The third kappa shape index (κ3) is 4.03. The molecule has 0 amide bonds. The van der Waals surface area contributed by atoms with Crippen LogP contribution in [0.25, 0.3) is 10.9 Å². The van der Waals surface area contributed by atoms with Gasteiger partial charge in [-0.1, -0.05) is 24.6 Å². The van der Waals surface area contributed by atoms with Crippen molar-refractivity contribution in [1.29, 1.82) is 0 Å². The van der Waals surface area contributed by atoms with E-state index in [1.54, 1.807) is 24.3 Å². The van der Waals surface area contributed by atoms with E-state index in [-0.39, 0.29) is 11.3 Å². The van der Waals surface area contributed by atoms with Gasteiger partial charge >= 0.3 is 0 Å². The van der Waals surface area contributed by atoms with Crippen LogP contribution < -0.4 is 10.3 Å². The maximum absolute atomic E-state index is 13.9. The SMILES string of the molecule is CCN(Cc1ccc(OC)c(F)c1)Cc1nc2cc(Cl)ccc2c(=O)[nH]1. The van der Waals surface area contributed by atoms with E-state index in [4.69, 9.17) is 16.3 Å². The number of nitrogens with zero attached hydrogens (tertiary/aromatic N) is 2. The van der Waals surface area contributed by atoms with Crippen molar-refractivity contribution in [2.24, 2.45) is 0 Å². The van der Waals surface area contributed by atoms with Crippen molar-refractivity contribution in [2.75, 3.05) is 13.7 Å². The van der Waals surface area contributed by atoms with E-state index in [0.717, 1.165) is 5.56 Å². The summed E-state index contributed by atoms with van der Waals surface area (Å²) in [4.78, 5) is 21.6. The first-order chi connectivity index (χ1) is 12.5. The second-order valence-corrected chi connectivity index (χ2v) is 6.38. The van der Waals surface area contributed by atoms with E-state index >= 15 is 0 Å². The van der Waals surface area contributed by atoms with E-state index in [1.165, 1.54) is 13.2 Å². The minimum Gasteiger partial charge on any atom is -0.494 e. The van der Waals surface area contributed by atoms with Crippen LogP contribution in [-0.2, 0) is 13.1 Å². The molecule has 0 saturated carbocycles. The molecule has 5 nitrogen and oxygen atoms in total. The van der Waals surface area contributed by atoms with Gasteiger partial charge in [0.25, 0.3) is 5.56 Å². The van der Waals surface area contributed by atoms with Gasteiger partial charge in [-0.2, -0.15) is 0 Å². The second-order valence-electron chi connectivity index (χ2n) is 5.95. The minimum absolute atomic E-state index is 0.201. The average molecular weight is 376 g/mol. The number of fused-ring (bicyclic) bond motifs is 1. The molecular formula is C19H19ClFN3O2. The number of ether oxygens (including phenoxy) is 1. The molecule has 0 aliphatic carbocycles. The predicted octanol–water partition coefficient (Wildman–Crippen LogP) is 3.75. The molecule has 1 heterocycles. The number of aromatic amines is 1. The number of nitrogens with one attached hydrogen (secondary N) is 1. The van der Waals surface area contributed by atoms with Crippen molar-refractivity contribution < 1.29 is 9.13 Å². The number of hydrogen-bond donors (Lipinski definition) is 1. The lowest BCUT2D eigenvalue weighted by molar-refractivity contribution is 0.264. The summed E-state index contributed by atoms with van der Waals surface area (Å²) >= 11 is 5.99. The van der Waals surface area contributed by atoms with Crippen LogP contribution in [0.2, 0.25) is 5.02 Å². The number of halogens is 2. The van der Waals surface area contributed by atoms with Gasteiger partial charge < -0.3 is 9.72 Å². The maximum Gasteiger partial charge on any atom is 0.258 e. The molecule has 7 heteroatoms. The molecule has 1 aromatic heterocycles. The van der Waals surface area contributed by atoms with Gasteiger partial charge in [-0.15, -0.1) is 0 Å². The topological polar surface area (TPSA) is 58.2 Å². The third-order valence-electron chi connectivity index (χ3n) is 4.16. The lowest BCUT2D eigenvalue weighted by Gasteiger charge is -2.20. The Morgan fingerprint density at radius 2 is 2.04 bits per heavy atom. The van der Waals surface area contributed by atoms with E-state index < -0.39 is 5.82 Å². The fourth-order valence-corrected chi connectivity index (χ4v) is 2.96. The highest BCUT2D eigenvalue weighted by Gasteiger charge is 2.11. The van der Waals surface area contributed by atoms with E-state index in [9.17, 15) is 9.18 Å². The van der Waals surface area contributed by atoms with Crippen molar-refractivity contribution in [3.8, 4) is 5.75 Å². The molecule has 0 bridgehead atoms. The highest BCUT2D eigenvalue weighted by Crippen LogP contribution is 2.19. The van der Waals surface area contributed by atoms with Crippen LogP contribution in [0.3, 0.4) is 0 Å². The summed E-state index contributed by atoms with van der Waals surface area (Å²) in [7, 11) is 1.43. The fraction of sp³-hybridized carbons (Fsp3) is 0.263. The van der Waals surface area contributed by atoms with Gasteiger partial charge in [-0.05, 0) is 42.4 Å². The molecular weight excluding hydrogens is 357 g/mol. The maximum atomic E-state index is 13.9. The molecule has 26 heavy (non-hydrogen) atoms. The molecule has 0 aliphatic rings. The van der Waals surface area contributed by atoms with Crippen molar-refractivity contribution in [3.63, 3.8) is 0 Å². The first kappa shape index (κ1) is 18.4. The number of aromatic nitrogens is 2. The van der Waals surface area contributed by atoms with Crippen LogP contribution in [0.1, 0.15) is 18.3 Å². The molecule has 0 atom stereocenters. The van der Waals surface area contributed by atoms with Gasteiger partial charge in [0.15, 0.2) is 11.6 Å². The van der Waals surface area contributed by atoms with Crippen molar-refractivity contribution >= 4 is 22.5 Å². The zero-order valence-corrected chi connectivity index (χ0v) is 15.3. The molecule has 3 rings (SSSR count). The first-order valence-electron chi connectivity index (χ1n) is 8.23. The smallest absolute Gasteiger partial charge is 0.258 e. The van der Waals surface area contributed by atoms with Crippen LogP contribution >= 0.6 is 11.6 Å². The Hall–Kier alpha value is -2.44. The molecule has 0 radical (unpaired) electrons. The molecule has 0 spiro atoms. The lowest BCUT2D eigenvalue weighted by atomic mass is 10.2. The van der Waals surface area contributed by atoms with Gasteiger partial charge in [0.05, 0.1) is 24.6 Å². The van der Waals surface area contributed by atoms with Crippen LogP contribution in [0.15, 0.2) is 41.2 Å². The molecule has 0 unspecified atom stereocenters. The van der Waals surface area contributed by atoms with Crippen LogP contribution in [-0.4, -0.2) is 28.5 Å². The summed E-state index contributed by atoms with van der Waals surface area (Å²) in [6, 6.07) is 9.88. The number of rotatable bonds is 6. The van der Waals surface area contributed by atoms with Gasteiger partial charge in [-0.3, -0.25) is 9.69 Å². The van der Waals surface area contributed by atoms with E-state index in [0.29, 0.717) is 41.4 Å². The van der Waals surface area contributed by atoms with Crippen LogP contribution in [0.5, 0.6) is 5.75 Å². The Labute approximate surface area is 155 Å². The summed E-state index contributed by atoms with van der Waals surface area (Å²) in [6.45, 7) is 3.66. The largest absolute Gasteiger partial charge is 0.494 e. The summed E-state index contributed by atoms with van der Waals surface area (Å²) in [5.74, 6) is 0.364. The Morgan fingerprint density at radius 3 is 2.73 bits per heavy atom. The Kier molecular flexibility index (Phi) is 5.54. The predicted molar refractivity (Wildman–Crippen MR) is 100 cm³/mol. The Morgan fingerprint density at radius 1 is 1.23 bits per heavy atom. The highest BCUT2D eigenvalue weighted by molar-refractivity contribution is 6.31. The van der Waals surface area contributed by atoms with Gasteiger partial charge in [-0.25, -0.2) is 9.37 Å². The van der Waals surface area contributed by atoms with Gasteiger partial charge in [0.1, 0.15) is 5.82 Å². The molecule has 136 valence electrons. The van der Waals surface area contributed by atoms with E-state index in [1.807, 2.05) is 13.0 Å². The summed E-state index contributed by atoms with van der Waals surface area (Å²) in [5.41, 5.74) is 1.17. The summed E-state index contributed by atoms with van der Waals surface area (Å²) in [6.07, 6.45) is 0. The number of methoxy groups -OCH3 is 1. The van der Waals surface area contributed by atoms with Gasteiger partial charge in [0.2, 0.25) is 0 Å². The first-order valence-corrected chi connectivity index (χ1v) is 8.61. The van der Waals surface area contributed by atoms with Crippen LogP contribution in [0.4, 0.5) is 4.39 Å². The average Bonchev–Trinajstić information content (AvgIpc) is 2.61. The minimum atomic E-state index is -0.395. The monoisotopic (exact) mass is 375 g/mol. The lowest BCUT2D eigenvalue weighted by Crippen LogP contribution is -2.25. The number of H-pyrrole nitrogens is 1. The Balaban J connectivity index is 1.83. The summed E-state index contributed by atoms with van der Waals surface area (Å²) in [5, 5.41) is 1.03. The standard InChI is InChI=1S/C19H19ClFN3O2/c1-3-24(10-12-4-7-17(26-2)15(21)8-12)11-18-22-16-9-13(20)5-6-14(16)19(25)23-18/h4-9H,3,10-11H2,1-2H3,(H,22,23,25). The van der Waals surface area contributed by atoms with Crippen molar-refractivity contribution in [2.45, 2.75) is 20.0 Å². The zero-order chi connectivity index (χ0) is 18.7. The van der Waals surface area contributed by atoms with Crippen molar-refractivity contribution in [3.05, 3.63) is 69.0 Å². The summed E-state index contributed by atoms with van der Waals surface area (Å²) < 4.78 is 18.8. The van der Waals surface area contributed by atoms with Crippen LogP contribution in [0, 0.1) is 5.82 Å². The highest BCUT2D eigenvalue weighted by atomic mass is 35.5. The number of benzene rings is 2. The molecule has 2 aromatic carbocycles. The number of hydrogen-bond acceptors (Lipinski definition) is 4.